The molecule has 0 aliphatic rings. The summed E-state index contributed by atoms with van der Waals surface area (Å²) in [7, 11) is 0. The number of unbranched alkanes of at least 4 members (excludes halogenated alkanes) is 2. The number of hydrogen-bond donors (Lipinski definition) is 1. The Labute approximate surface area is 131 Å². The van der Waals surface area contributed by atoms with Crippen molar-refractivity contribution < 1.29 is 4.42 Å². The van der Waals surface area contributed by atoms with Crippen molar-refractivity contribution in [3.8, 4) is 11.5 Å². The molecule has 0 aliphatic carbocycles. The van der Waals surface area contributed by atoms with Crippen molar-refractivity contribution in [1.29, 1.82) is 0 Å². The van der Waals surface area contributed by atoms with Crippen LogP contribution in [0.1, 0.15) is 45.2 Å². The molecule has 2 aromatic rings. The SMILES string of the molecule is CCCCC[C@@H](C)NCc1coc(-c2ccc(Cl)cc2)n1. The van der Waals surface area contributed by atoms with Gasteiger partial charge in [-0.2, -0.15) is 0 Å². The molecule has 0 saturated carbocycles. The molecule has 0 aliphatic heterocycles. The fourth-order valence-corrected chi connectivity index (χ4v) is 2.32. The third-order valence-corrected chi connectivity index (χ3v) is 3.77. The number of rotatable bonds is 8. The molecule has 0 unspecified atom stereocenters. The lowest BCUT2D eigenvalue weighted by molar-refractivity contribution is 0.483. The van der Waals surface area contributed by atoms with Crippen molar-refractivity contribution in [1.82, 2.24) is 10.3 Å². The molecule has 1 heterocycles. The predicted octanol–water partition coefficient (Wildman–Crippen LogP) is 5.05. The van der Waals surface area contributed by atoms with Gasteiger partial charge in [-0.1, -0.05) is 37.8 Å². The minimum absolute atomic E-state index is 0.507. The van der Waals surface area contributed by atoms with Gasteiger partial charge in [0.1, 0.15) is 6.26 Å². The minimum atomic E-state index is 0.507. The van der Waals surface area contributed by atoms with Crippen LogP contribution in [0.3, 0.4) is 0 Å². The maximum absolute atomic E-state index is 5.88. The molecule has 0 fully saturated rings. The molecule has 0 amide bonds. The summed E-state index contributed by atoms with van der Waals surface area (Å²) in [5, 5.41) is 4.20. The van der Waals surface area contributed by atoms with Gasteiger partial charge >= 0.3 is 0 Å². The van der Waals surface area contributed by atoms with E-state index in [-0.39, 0.29) is 0 Å². The average Bonchev–Trinajstić information content (AvgIpc) is 2.95. The highest BCUT2D eigenvalue weighted by atomic mass is 35.5. The van der Waals surface area contributed by atoms with E-state index in [1.165, 1.54) is 25.7 Å². The monoisotopic (exact) mass is 306 g/mol. The molecule has 4 heteroatoms. The van der Waals surface area contributed by atoms with Crippen LogP contribution in [0, 0.1) is 0 Å². The normalized spacial score (nSPS) is 12.5. The molecular weight excluding hydrogens is 284 g/mol. The van der Waals surface area contributed by atoms with E-state index in [0.29, 0.717) is 17.0 Å². The van der Waals surface area contributed by atoms with E-state index in [0.717, 1.165) is 17.8 Å². The maximum Gasteiger partial charge on any atom is 0.226 e. The Balaban J connectivity index is 1.84. The summed E-state index contributed by atoms with van der Waals surface area (Å²) in [5.41, 5.74) is 1.88. The summed E-state index contributed by atoms with van der Waals surface area (Å²) in [5.74, 6) is 0.641. The van der Waals surface area contributed by atoms with Gasteiger partial charge in [0.15, 0.2) is 0 Å². The molecule has 2 rings (SSSR count). The van der Waals surface area contributed by atoms with E-state index >= 15 is 0 Å². The zero-order chi connectivity index (χ0) is 15.1. The first kappa shape index (κ1) is 16.1. The van der Waals surface area contributed by atoms with Crippen molar-refractivity contribution in [2.75, 3.05) is 0 Å². The van der Waals surface area contributed by atoms with E-state index in [2.05, 4.69) is 24.1 Å². The van der Waals surface area contributed by atoms with Gasteiger partial charge in [0.25, 0.3) is 0 Å². The Hall–Kier alpha value is -1.32. The first-order valence-electron chi connectivity index (χ1n) is 7.62. The number of nitrogens with one attached hydrogen (secondary N) is 1. The number of benzene rings is 1. The molecule has 1 aromatic carbocycles. The maximum atomic E-state index is 5.88. The van der Waals surface area contributed by atoms with Gasteiger partial charge in [0.05, 0.1) is 5.69 Å². The van der Waals surface area contributed by atoms with Gasteiger partial charge in [-0.05, 0) is 37.6 Å². The van der Waals surface area contributed by atoms with E-state index in [1.807, 2.05) is 24.3 Å². The van der Waals surface area contributed by atoms with E-state index < -0.39 is 0 Å². The Morgan fingerprint density at radius 2 is 2.00 bits per heavy atom. The minimum Gasteiger partial charge on any atom is -0.444 e. The second kappa shape index (κ2) is 8.20. The first-order chi connectivity index (χ1) is 10.2. The lowest BCUT2D eigenvalue weighted by Crippen LogP contribution is -2.25. The largest absolute Gasteiger partial charge is 0.444 e. The van der Waals surface area contributed by atoms with Crippen LogP contribution >= 0.6 is 11.6 Å². The molecule has 114 valence electrons. The molecule has 1 aromatic heterocycles. The second-order valence-electron chi connectivity index (χ2n) is 5.43. The van der Waals surface area contributed by atoms with Crippen LogP contribution < -0.4 is 5.32 Å². The van der Waals surface area contributed by atoms with Gasteiger partial charge in [0, 0.05) is 23.2 Å². The molecule has 0 bridgehead atoms. The van der Waals surface area contributed by atoms with Gasteiger partial charge in [-0.15, -0.1) is 0 Å². The van der Waals surface area contributed by atoms with Crippen molar-refractivity contribution >= 4 is 11.6 Å². The number of halogens is 1. The lowest BCUT2D eigenvalue weighted by atomic mass is 10.1. The van der Waals surface area contributed by atoms with Crippen molar-refractivity contribution in [2.24, 2.45) is 0 Å². The highest BCUT2D eigenvalue weighted by Crippen LogP contribution is 2.20. The summed E-state index contributed by atoms with van der Waals surface area (Å²) in [4.78, 5) is 4.51. The van der Waals surface area contributed by atoms with Crippen molar-refractivity contribution in [3.05, 3.63) is 41.2 Å². The number of aromatic nitrogens is 1. The van der Waals surface area contributed by atoms with E-state index in [4.69, 9.17) is 16.0 Å². The highest BCUT2D eigenvalue weighted by Gasteiger charge is 2.08. The molecule has 21 heavy (non-hydrogen) atoms. The molecule has 0 spiro atoms. The molecule has 1 atom stereocenters. The van der Waals surface area contributed by atoms with Crippen LogP contribution in [0.4, 0.5) is 0 Å². The van der Waals surface area contributed by atoms with Gasteiger partial charge in [0.2, 0.25) is 5.89 Å². The van der Waals surface area contributed by atoms with Crippen LogP contribution in [0.2, 0.25) is 5.02 Å². The lowest BCUT2D eigenvalue weighted by Gasteiger charge is -2.11. The Bertz CT molecular complexity index is 536. The van der Waals surface area contributed by atoms with Crippen molar-refractivity contribution in [3.63, 3.8) is 0 Å². The van der Waals surface area contributed by atoms with Crippen LogP contribution in [-0.4, -0.2) is 11.0 Å². The summed E-state index contributed by atoms with van der Waals surface area (Å²) in [6.45, 7) is 5.19. The molecule has 1 N–H and O–H groups in total. The molecule has 3 nitrogen and oxygen atoms in total. The predicted molar refractivity (Wildman–Crippen MR) is 87.4 cm³/mol. The quantitative estimate of drug-likeness (QED) is 0.693. The number of oxazole rings is 1. The smallest absolute Gasteiger partial charge is 0.226 e. The van der Waals surface area contributed by atoms with Crippen LogP contribution in [-0.2, 0) is 6.54 Å². The van der Waals surface area contributed by atoms with Gasteiger partial charge < -0.3 is 9.73 Å². The fourth-order valence-electron chi connectivity index (χ4n) is 2.19. The average molecular weight is 307 g/mol. The summed E-state index contributed by atoms with van der Waals surface area (Å²) < 4.78 is 5.53. The molecule has 0 saturated heterocycles. The molecular formula is C17H23ClN2O. The van der Waals surface area contributed by atoms with Crippen LogP contribution in [0.5, 0.6) is 0 Å². The molecule has 0 radical (unpaired) electrons. The Kier molecular flexibility index (Phi) is 6.27. The van der Waals surface area contributed by atoms with Gasteiger partial charge in [-0.3, -0.25) is 0 Å². The van der Waals surface area contributed by atoms with E-state index in [1.54, 1.807) is 6.26 Å². The summed E-state index contributed by atoms with van der Waals surface area (Å²) in [6, 6.07) is 8.02. The van der Waals surface area contributed by atoms with E-state index in [9.17, 15) is 0 Å². The fraction of sp³-hybridized carbons (Fsp3) is 0.471. The Morgan fingerprint density at radius 3 is 2.71 bits per heavy atom. The standard InChI is InChI=1S/C17H23ClN2O/c1-3-4-5-6-13(2)19-11-16-12-21-17(20-16)14-7-9-15(18)10-8-14/h7-10,12-13,19H,3-6,11H2,1-2H3/t13-/m1/s1. The van der Waals surface area contributed by atoms with Crippen LogP contribution in [0.25, 0.3) is 11.5 Å². The summed E-state index contributed by atoms with van der Waals surface area (Å²) >= 11 is 5.88. The first-order valence-corrected chi connectivity index (χ1v) is 8.00. The third-order valence-electron chi connectivity index (χ3n) is 3.52. The number of hydrogen-bond acceptors (Lipinski definition) is 3. The topological polar surface area (TPSA) is 38.1 Å². The van der Waals surface area contributed by atoms with Crippen molar-refractivity contribution in [2.45, 2.75) is 52.1 Å². The zero-order valence-corrected chi connectivity index (χ0v) is 13.5. The number of nitrogens with zero attached hydrogens (tertiary/aromatic N) is 1. The van der Waals surface area contributed by atoms with Gasteiger partial charge in [-0.25, -0.2) is 4.98 Å². The third kappa shape index (κ3) is 5.18. The Morgan fingerprint density at radius 1 is 1.24 bits per heavy atom. The summed E-state index contributed by atoms with van der Waals surface area (Å²) in [6.07, 6.45) is 6.77. The second-order valence-corrected chi connectivity index (χ2v) is 5.87. The highest BCUT2D eigenvalue weighted by molar-refractivity contribution is 6.30. The zero-order valence-electron chi connectivity index (χ0n) is 12.7. The van der Waals surface area contributed by atoms with Crippen LogP contribution in [0.15, 0.2) is 34.9 Å².